The fraction of sp³-hybridized carbons (Fsp3) is 1.00. The van der Waals surface area contributed by atoms with Crippen LogP contribution in [0.25, 0.3) is 0 Å². The van der Waals surface area contributed by atoms with Gasteiger partial charge in [-0.1, -0.05) is 0 Å². The largest absolute Gasteiger partial charge is 0.382 e. The van der Waals surface area contributed by atoms with Crippen LogP contribution >= 0.6 is 0 Å². The van der Waals surface area contributed by atoms with Crippen molar-refractivity contribution in [3.63, 3.8) is 0 Å². The van der Waals surface area contributed by atoms with Gasteiger partial charge in [0.05, 0.1) is 39.6 Å². The van der Waals surface area contributed by atoms with Gasteiger partial charge in [-0.25, -0.2) is 0 Å². The normalized spacial score (nSPS) is 20.4. The second-order valence-electron chi connectivity index (χ2n) is 3.73. The minimum Gasteiger partial charge on any atom is -0.382 e. The number of rotatable bonds is 10. The van der Waals surface area contributed by atoms with Crippen LogP contribution in [0.3, 0.4) is 0 Å². The molecule has 1 saturated heterocycles. The van der Waals surface area contributed by atoms with E-state index in [4.69, 9.17) is 18.9 Å². The highest BCUT2D eigenvalue weighted by atomic mass is 16.5. The van der Waals surface area contributed by atoms with E-state index in [0.717, 1.165) is 32.8 Å². The highest BCUT2D eigenvalue weighted by Gasteiger charge is 2.13. The topological polar surface area (TPSA) is 49.0 Å². The zero-order valence-electron chi connectivity index (χ0n) is 10.1. The summed E-state index contributed by atoms with van der Waals surface area (Å²) in [4.78, 5) is 0. The van der Waals surface area contributed by atoms with Crippen LogP contribution in [0, 0.1) is 0 Å². The quantitative estimate of drug-likeness (QED) is 0.540. The molecule has 0 amide bonds. The highest BCUT2D eigenvalue weighted by Crippen LogP contribution is 2.02. The predicted molar refractivity (Wildman–Crippen MR) is 60.7 cm³/mol. The Hall–Kier alpha value is -0.200. The molecule has 0 aromatic heterocycles. The number of ether oxygens (including phenoxy) is 4. The summed E-state index contributed by atoms with van der Waals surface area (Å²) in [5.41, 5.74) is 0. The van der Waals surface area contributed by atoms with E-state index in [1.807, 2.05) is 0 Å². The average molecular weight is 233 g/mol. The summed E-state index contributed by atoms with van der Waals surface area (Å²) in [6.07, 6.45) is 1.11. The molecule has 0 bridgehead atoms. The van der Waals surface area contributed by atoms with Crippen LogP contribution in [-0.2, 0) is 18.9 Å². The summed E-state index contributed by atoms with van der Waals surface area (Å²) in [6.45, 7) is 5.88. The first kappa shape index (κ1) is 13.9. The van der Waals surface area contributed by atoms with Gasteiger partial charge < -0.3 is 24.3 Å². The summed E-state index contributed by atoms with van der Waals surface area (Å²) < 4.78 is 20.8. The molecule has 1 atom stereocenters. The van der Waals surface area contributed by atoms with E-state index in [-0.39, 0.29) is 0 Å². The summed E-state index contributed by atoms with van der Waals surface area (Å²) in [6, 6.07) is 0.515. The van der Waals surface area contributed by atoms with Crippen molar-refractivity contribution in [3.05, 3.63) is 0 Å². The molecule has 1 aliphatic heterocycles. The summed E-state index contributed by atoms with van der Waals surface area (Å²) in [7, 11) is 1.66. The summed E-state index contributed by atoms with van der Waals surface area (Å²) in [5.74, 6) is 0. The Balaban J connectivity index is 1.71. The molecule has 0 saturated carbocycles. The molecule has 0 aliphatic carbocycles. The van der Waals surface area contributed by atoms with Gasteiger partial charge in [0.25, 0.3) is 0 Å². The van der Waals surface area contributed by atoms with Crippen LogP contribution in [-0.4, -0.2) is 65.9 Å². The molecule has 0 aromatic rings. The Labute approximate surface area is 97.4 Å². The standard InChI is InChI=1S/C11H23NO4/c1-13-6-7-15-9-8-14-5-3-12-11-2-4-16-10-11/h11-12H,2-10H2,1H3. The van der Waals surface area contributed by atoms with Gasteiger partial charge in [0.1, 0.15) is 0 Å². The molecule has 0 aromatic carbocycles. The van der Waals surface area contributed by atoms with E-state index in [9.17, 15) is 0 Å². The van der Waals surface area contributed by atoms with Gasteiger partial charge in [-0.2, -0.15) is 0 Å². The lowest BCUT2D eigenvalue weighted by atomic mass is 10.3. The molecule has 1 aliphatic rings. The van der Waals surface area contributed by atoms with Gasteiger partial charge in [-0.05, 0) is 6.42 Å². The van der Waals surface area contributed by atoms with Crippen molar-refractivity contribution in [2.45, 2.75) is 12.5 Å². The Bertz CT molecular complexity index is 151. The van der Waals surface area contributed by atoms with Crippen LogP contribution in [0.1, 0.15) is 6.42 Å². The Morgan fingerprint density at radius 2 is 1.88 bits per heavy atom. The molecule has 1 rings (SSSR count). The van der Waals surface area contributed by atoms with E-state index in [2.05, 4.69) is 5.32 Å². The first-order chi connectivity index (χ1) is 7.93. The second-order valence-corrected chi connectivity index (χ2v) is 3.73. The highest BCUT2D eigenvalue weighted by molar-refractivity contribution is 4.70. The maximum atomic E-state index is 5.40. The number of methoxy groups -OCH3 is 1. The molecule has 1 unspecified atom stereocenters. The fourth-order valence-electron chi connectivity index (χ4n) is 1.49. The Kier molecular flexibility index (Phi) is 8.65. The third kappa shape index (κ3) is 7.14. The maximum absolute atomic E-state index is 5.40. The van der Waals surface area contributed by atoms with Crippen molar-refractivity contribution in [1.82, 2.24) is 5.32 Å². The van der Waals surface area contributed by atoms with Crippen molar-refractivity contribution < 1.29 is 18.9 Å². The van der Waals surface area contributed by atoms with Crippen molar-refractivity contribution in [2.24, 2.45) is 0 Å². The van der Waals surface area contributed by atoms with Crippen LogP contribution in [0.5, 0.6) is 0 Å². The van der Waals surface area contributed by atoms with Gasteiger partial charge in [0.2, 0.25) is 0 Å². The Morgan fingerprint density at radius 3 is 2.56 bits per heavy atom. The molecular formula is C11H23NO4. The zero-order valence-corrected chi connectivity index (χ0v) is 10.1. The maximum Gasteiger partial charge on any atom is 0.0701 e. The lowest BCUT2D eigenvalue weighted by Gasteiger charge is -2.10. The van der Waals surface area contributed by atoms with Crippen LogP contribution < -0.4 is 5.32 Å². The number of hydrogen-bond donors (Lipinski definition) is 1. The monoisotopic (exact) mass is 233 g/mol. The van der Waals surface area contributed by atoms with E-state index >= 15 is 0 Å². The van der Waals surface area contributed by atoms with Gasteiger partial charge >= 0.3 is 0 Å². The van der Waals surface area contributed by atoms with E-state index in [0.29, 0.717) is 32.5 Å². The molecule has 5 nitrogen and oxygen atoms in total. The third-order valence-corrected chi connectivity index (χ3v) is 2.41. The smallest absolute Gasteiger partial charge is 0.0701 e. The van der Waals surface area contributed by atoms with E-state index < -0.39 is 0 Å². The average Bonchev–Trinajstić information content (AvgIpc) is 2.80. The molecular weight excluding hydrogens is 210 g/mol. The van der Waals surface area contributed by atoms with Crippen LogP contribution in [0.2, 0.25) is 0 Å². The van der Waals surface area contributed by atoms with Crippen molar-refractivity contribution in [3.8, 4) is 0 Å². The van der Waals surface area contributed by atoms with E-state index in [1.165, 1.54) is 0 Å². The zero-order chi connectivity index (χ0) is 11.5. The van der Waals surface area contributed by atoms with Crippen LogP contribution in [0.4, 0.5) is 0 Å². The molecule has 16 heavy (non-hydrogen) atoms. The number of hydrogen-bond acceptors (Lipinski definition) is 5. The number of nitrogens with one attached hydrogen (secondary N) is 1. The molecule has 1 heterocycles. The molecule has 0 spiro atoms. The minimum absolute atomic E-state index is 0.515. The summed E-state index contributed by atoms with van der Waals surface area (Å²) >= 11 is 0. The molecule has 5 heteroatoms. The Morgan fingerprint density at radius 1 is 1.12 bits per heavy atom. The first-order valence-corrected chi connectivity index (χ1v) is 5.89. The minimum atomic E-state index is 0.515. The van der Waals surface area contributed by atoms with Gasteiger partial charge in [0, 0.05) is 26.3 Å². The van der Waals surface area contributed by atoms with Crippen LogP contribution in [0.15, 0.2) is 0 Å². The molecule has 0 radical (unpaired) electrons. The predicted octanol–water partition coefficient (Wildman–Crippen LogP) is 0.0445. The second kappa shape index (κ2) is 9.99. The fourth-order valence-corrected chi connectivity index (χ4v) is 1.49. The van der Waals surface area contributed by atoms with Gasteiger partial charge in [-0.3, -0.25) is 0 Å². The summed E-state index contributed by atoms with van der Waals surface area (Å²) in [5, 5.41) is 3.38. The molecule has 1 fully saturated rings. The van der Waals surface area contributed by atoms with E-state index in [1.54, 1.807) is 7.11 Å². The van der Waals surface area contributed by atoms with Crippen molar-refractivity contribution in [2.75, 3.05) is 59.9 Å². The third-order valence-electron chi connectivity index (χ3n) is 2.41. The lowest BCUT2D eigenvalue weighted by molar-refractivity contribution is 0.0251. The van der Waals surface area contributed by atoms with Crippen molar-refractivity contribution >= 4 is 0 Å². The molecule has 96 valence electrons. The van der Waals surface area contributed by atoms with Crippen molar-refractivity contribution in [1.29, 1.82) is 0 Å². The SMILES string of the molecule is COCCOCCOCCNC1CCOC1. The van der Waals surface area contributed by atoms with Gasteiger partial charge in [-0.15, -0.1) is 0 Å². The first-order valence-electron chi connectivity index (χ1n) is 5.89. The lowest BCUT2D eigenvalue weighted by Crippen LogP contribution is -2.32. The molecule has 1 N–H and O–H groups in total. The van der Waals surface area contributed by atoms with Gasteiger partial charge in [0.15, 0.2) is 0 Å².